The highest BCUT2D eigenvalue weighted by Crippen LogP contribution is 2.39. The van der Waals surface area contributed by atoms with Gasteiger partial charge in [-0.1, -0.05) is 22.6 Å². The molecule has 0 aromatic heterocycles. The average Bonchev–Trinajstić information content (AvgIpc) is 2.60. The van der Waals surface area contributed by atoms with Gasteiger partial charge in [-0.25, -0.2) is 0 Å². The fourth-order valence-corrected chi connectivity index (χ4v) is 3.10. The van der Waals surface area contributed by atoms with Crippen molar-refractivity contribution in [2.24, 2.45) is 0 Å². The van der Waals surface area contributed by atoms with Gasteiger partial charge in [-0.05, 0) is 6.42 Å². The third-order valence-electron chi connectivity index (χ3n) is 2.66. The van der Waals surface area contributed by atoms with E-state index < -0.39 is 7.98 Å². The molecule has 2 aliphatic heterocycles. The quantitative estimate of drug-likeness (QED) is 0.422. The second kappa shape index (κ2) is 3.67. The number of hydrogen-bond acceptors (Lipinski definition) is 2. The summed E-state index contributed by atoms with van der Waals surface area (Å²) in [5, 5.41) is 3.30. The SMILES string of the molecule is FC(F)(I)C(I)N1CC2CC1CN2. The summed E-state index contributed by atoms with van der Waals surface area (Å²) in [6.45, 7) is 1.65. The first-order valence-electron chi connectivity index (χ1n) is 4.18. The van der Waals surface area contributed by atoms with E-state index in [1.54, 1.807) is 0 Å². The predicted octanol–water partition coefficient (Wildman–Crippen LogP) is 1.82. The number of nitrogens with zero attached hydrogens (tertiary/aromatic N) is 1. The van der Waals surface area contributed by atoms with E-state index in [9.17, 15) is 8.78 Å². The molecule has 2 bridgehead atoms. The highest BCUT2D eigenvalue weighted by Gasteiger charge is 2.47. The number of hydrogen-bond donors (Lipinski definition) is 1. The van der Waals surface area contributed by atoms with Crippen LogP contribution in [-0.4, -0.2) is 38.1 Å². The van der Waals surface area contributed by atoms with Gasteiger partial charge in [0.2, 0.25) is 0 Å². The van der Waals surface area contributed by atoms with Crippen molar-refractivity contribution in [1.29, 1.82) is 0 Å². The van der Waals surface area contributed by atoms with Crippen LogP contribution in [0, 0.1) is 0 Å². The van der Waals surface area contributed by atoms with Crippen molar-refractivity contribution < 1.29 is 8.78 Å². The summed E-state index contributed by atoms with van der Waals surface area (Å²) >= 11 is 3.08. The lowest BCUT2D eigenvalue weighted by atomic mass is 10.2. The zero-order valence-corrected chi connectivity index (χ0v) is 11.1. The number of likely N-dealkylation sites (tertiary alicyclic amines) is 1. The van der Waals surface area contributed by atoms with Crippen molar-refractivity contribution in [3.8, 4) is 0 Å². The minimum atomic E-state index is -2.62. The fourth-order valence-electron chi connectivity index (χ4n) is 2.06. The van der Waals surface area contributed by atoms with Gasteiger partial charge in [0, 0.05) is 47.8 Å². The van der Waals surface area contributed by atoms with Gasteiger partial charge in [0.25, 0.3) is 0 Å². The van der Waals surface area contributed by atoms with E-state index in [-0.39, 0.29) is 0 Å². The number of nitrogens with one attached hydrogen (secondary N) is 1. The molecule has 2 heterocycles. The molecule has 0 aliphatic carbocycles. The number of piperazine rings is 1. The summed E-state index contributed by atoms with van der Waals surface area (Å²) < 4.78 is 22.7. The predicted molar refractivity (Wildman–Crippen MR) is 63.7 cm³/mol. The van der Waals surface area contributed by atoms with Crippen LogP contribution in [0.3, 0.4) is 0 Å². The van der Waals surface area contributed by atoms with Crippen molar-refractivity contribution >= 4 is 45.2 Å². The Hall–Kier alpha value is 1.24. The Morgan fingerprint density at radius 1 is 1.54 bits per heavy atom. The Bertz CT molecular complexity index is 209. The minimum Gasteiger partial charge on any atom is -0.311 e. The van der Waals surface area contributed by atoms with Crippen molar-refractivity contribution in [2.75, 3.05) is 13.1 Å². The van der Waals surface area contributed by atoms with E-state index in [0.29, 0.717) is 12.1 Å². The fraction of sp³-hybridized carbons (Fsp3) is 1.00. The average molecular weight is 414 g/mol. The standard InChI is InChI=1S/C7H10F2I2N2/c8-7(9,11)6(10)13-3-4-1-5(13)2-12-4/h4-6,12H,1-3H2. The van der Waals surface area contributed by atoms with Gasteiger partial charge < -0.3 is 5.32 Å². The van der Waals surface area contributed by atoms with Crippen LogP contribution >= 0.6 is 45.2 Å². The number of rotatable bonds is 2. The molecule has 3 unspecified atom stereocenters. The maximum absolute atomic E-state index is 13.0. The zero-order chi connectivity index (χ0) is 9.64. The number of alkyl halides is 4. The summed E-state index contributed by atoms with van der Waals surface area (Å²) in [5.41, 5.74) is 0. The zero-order valence-electron chi connectivity index (χ0n) is 6.81. The molecule has 2 rings (SSSR count). The summed E-state index contributed by atoms with van der Waals surface area (Å²) in [6, 6.07) is 0.772. The molecule has 2 fully saturated rings. The third kappa shape index (κ3) is 2.10. The molecular weight excluding hydrogens is 404 g/mol. The third-order valence-corrected chi connectivity index (χ3v) is 5.94. The molecule has 6 heteroatoms. The molecule has 0 radical (unpaired) electrons. The molecule has 0 spiro atoms. The minimum absolute atomic E-state index is 0.326. The van der Waals surface area contributed by atoms with Gasteiger partial charge in [-0.15, -0.1) is 0 Å². The van der Waals surface area contributed by atoms with Crippen molar-refractivity contribution in [1.82, 2.24) is 10.2 Å². The monoisotopic (exact) mass is 414 g/mol. The van der Waals surface area contributed by atoms with Crippen LogP contribution in [0.15, 0.2) is 0 Å². The molecule has 13 heavy (non-hydrogen) atoms. The van der Waals surface area contributed by atoms with Crippen molar-refractivity contribution in [3.63, 3.8) is 0 Å². The maximum Gasteiger partial charge on any atom is 0.320 e. The lowest BCUT2D eigenvalue weighted by Gasteiger charge is -2.33. The summed E-state index contributed by atoms with van der Waals surface area (Å²) in [6.07, 6.45) is 1.03. The molecule has 0 amide bonds. The van der Waals surface area contributed by atoms with E-state index in [1.165, 1.54) is 22.6 Å². The van der Waals surface area contributed by atoms with E-state index in [4.69, 9.17) is 0 Å². The van der Waals surface area contributed by atoms with Crippen LogP contribution < -0.4 is 5.32 Å². The van der Waals surface area contributed by atoms with Crippen molar-refractivity contribution in [3.05, 3.63) is 0 Å². The summed E-state index contributed by atoms with van der Waals surface area (Å²) in [7, 11) is 0. The number of halogens is 4. The lowest BCUT2D eigenvalue weighted by Crippen LogP contribution is -2.50. The van der Waals surface area contributed by atoms with Crippen LogP contribution in [-0.2, 0) is 0 Å². The van der Waals surface area contributed by atoms with Gasteiger partial charge in [-0.2, -0.15) is 8.78 Å². The Balaban J connectivity index is 2.02. The first kappa shape index (κ1) is 10.7. The smallest absolute Gasteiger partial charge is 0.311 e. The molecule has 2 aliphatic rings. The molecule has 0 saturated carbocycles. The van der Waals surface area contributed by atoms with E-state index in [0.717, 1.165) is 19.5 Å². The van der Waals surface area contributed by atoms with Gasteiger partial charge in [0.05, 0.1) is 0 Å². The maximum atomic E-state index is 13.0. The Kier molecular flexibility index (Phi) is 3.04. The normalized spacial score (nSPS) is 36.9. The van der Waals surface area contributed by atoms with Crippen LogP contribution in [0.5, 0.6) is 0 Å². The second-order valence-electron chi connectivity index (χ2n) is 3.57. The summed E-state index contributed by atoms with van der Waals surface area (Å²) in [4.78, 5) is 1.92. The van der Waals surface area contributed by atoms with Gasteiger partial charge >= 0.3 is 3.93 Å². The largest absolute Gasteiger partial charge is 0.320 e. The Labute approximate surface area is 103 Å². The highest BCUT2D eigenvalue weighted by atomic mass is 127. The molecule has 76 valence electrons. The molecular formula is C7H10F2I2N2. The first-order valence-corrected chi connectivity index (χ1v) is 6.51. The molecule has 2 nitrogen and oxygen atoms in total. The van der Waals surface area contributed by atoms with E-state index in [1.807, 2.05) is 27.5 Å². The highest BCUT2D eigenvalue weighted by molar-refractivity contribution is 14.1. The molecule has 1 N–H and O–H groups in total. The van der Waals surface area contributed by atoms with Gasteiger partial charge in [0.15, 0.2) is 0 Å². The van der Waals surface area contributed by atoms with Crippen molar-refractivity contribution in [2.45, 2.75) is 26.5 Å². The van der Waals surface area contributed by atoms with E-state index in [2.05, 4.69) is 5.32 Å². The molecule has 3 atom stereocenters. The van der Waals surface area contributed by atoms with Gasteiger partial charge in [0.1, 0.15) is 4.05 Å². The second-order valence-corrected chi connectivity index (χ2v) is 6.19. The van der Waals surface area contributed by atoms with Crippen LogP contribution in [0.2, 0.25) is 0 Å². The molecule has 0 aromatic carbocycles. The Morgan fingerprint density at radius 3 is 2.62 bits per heavy atom. The van der Waals surface area contributed by atoms with Crippen LogP contribution in [0.25, 0.3) is 0 Å². The molecule has 0 aromatic rings. The lowest BCUT2D eigenvalue weighted by molar-refractivity contribution is 0.0510. The van der Waals surface area contributed by atoms with E-state index >= 15 is 0 Å². The van der Waals surface area contributed by atoms with Crippen LogP contribution in [0.4, 0.5) is 8.78 Å². The van der Waals surface area contributed by atoms with Gasteiger partial charge in [-0.3, -0.25) is 4.90 Å². The first-order chi connectivity index (χ1) is 5.98. The summed E-state index contributed by atoms with van der Waals surface area (Å²) in [5.74, 6) is 0. The molecule has 2 saturated heterocycles. The Morgan fingerprint density at radius 2 is 2.23 bits per heavy atom. The topological polar surface area (TPSA) is 15.3 Å². The number of fused-ring (bicyclic) bond motifs is 2. The van der Waals surface area contributed by atoms with Crippen LogP contribution in [0.1, 0.15) is 6.42 Å².